The van der Waals surface area contributed by atoms with Crippen molar-refractivity contribution in [1.82, 2.24) is 5.32 Å². The fourth-order valence-electron chi connectivity index (χ4n) is 3.45. The Labute approximate surface area is 170 Å². The Morgan fingerprint density at radius 2 is 1.79 bits per heavy atom. The molecular formula is C22H23NO5S. The molecule has 0 bridgehead atoms. The minimum absolute atomic E-state index is 0.140. The summed E-state index contributed by atoms with van der Waals surface area (Å²) >= 11 is 0. The Bertz CT molecular complexity index is 1190. The molecule has 0 aromatic heterocycles. The van der Waals surface area contributed by atoms with Crippen LogP contribution >= 0.6 is 0 Å². The number of fused-ring (bicyclic) bond motifs is 1. The van der Waals surface area contributed by atoms with Crippen molar-refractivity contribution < 1.29 is 22.5 Å². The second-order valence-corrected chi connectivity index (χ2v) is 8.28. The molecule has 0 heterocycles. The molecule has 0 aliphatic rings. The van der Waals surface area contributed by atoms with Gasteiger partial charge >= 0.3 is 0 Å². The highest BCUT2D eigenvalue weighted by atomic mass is 32.2. The summed E-state index contributed by atoms with van der Waals surface area (Å²) in [6.45, 7) is 3.70. The molecule has 1 amide bonds. The van der Waals surface area contributed by atoms with Crippen molar-refractivity contribution in [2.45, 2.75) is 25.2 Å². The van der Waals surface area contributed by atoms with Crippen LogP contribution in [0.4, 0.5) is 0 Å². The molecule has 0 unspecified atom stereocenters. The van der Waals surface area contributed by atoms with E-state index in [1.807, 2.05) is 37.3 Å². The van der Waals surface area contributed by atoms with Crippen LogP contribution in [0.1, 0.15) is 18.1 Å². The Morgan fingerprint density at radius 1 is 1.07 bits per heavy atom. The average Bonchev–Trinajstić information content (AvgIpc) is 2.66. The number of amides is 1. The Hall–Kier alpha value is -2.90. The highest BCUT2D eigenvalue weighted by molar-refractivity contribution is 7.86. The maximum absolute atomic E-state index is 12.0. The summed E-state index contributed by atoms with van der Waals surface area (Å²) in [7, 11) is -2.83. The average molecular weight is 413 g/mol. The molecule has 0 radical (unpaired) electrons. The summed E-state index contributed by atoms with van der Waals surface area (Å²) < 4.78 is 39.1. The largest absolute Gasteiger partial charge is 0.497 e. The smallest absolute Gasteiger partial charge is 0.295 e. The first-order chi connectivity index (χ1) is 13.7. The number of hydrogen-bond donors (Lipinski definition) is 2. The van der Waals surface area contributed by atoms with Gasteiger partial charge in [0.2, 0.25) is 5.91 Å². The molecule has 0 spiro atoms. The second kappa shape index (κ2) is 8.23. The number of nitrogens with one attached hydrogen (secondary N) is 1. The molecule has 3 aromatic carbocycles. The van der Waals surface area contributed by atoms with E-state index >= 15 is 0 Å². The minimum atomic E-state index is -4.41. The summed E-state index contributed by atoms with van der Waals surface area (Å²) in [6.07, 6.45) is 0.484. The quantitative estimate of drug-likeness (QED) is 0.601. The number of ether oxygens (including phenoxy) is 1. The van der Waals surface area contributed by atoms with Gasteiger partial charge in [-0.2, -0.15) is 8.42 Å². The Kier molecular flexibility index (Phi) is 5.91. The van der Waals surface area contributed by atoms with E-state index in [-0.39, 0.29) is 10.8 Å². The van der Waals surface area contributed by atoms with Gasteiger partial charge in [-0.25, -0.2) is 0 Å². The first-order valence-corrected chi connectivity index (χ1v) is 10.6. The predicted molar refractivity (Wildman–Crippen MR) is 113 cm³/mol. The van der Waals surface area contributed by atoms with Crippen molar-refractivity contribution in [3.63, 3.8) is 0 Å². The van der Waals surface area contributed by atoms with Crippen molar-refractivity contribution in [2.24, 2.45) is 0 Å². The van der Waals surface area contributed by atoms with Crippen LogP contribution < -0.4 is 10.1 Å². The first kappa shape index (κ1) is 20.8. The standard InChI is InChI=1S/C22H23NO5S/c1-14-4-9-22(29(25,26)27)21(12-14)18-8-6-16-5-7-17(28-3)13-20(16)19(18)10-11-23-15(2)24/h4-9,12-13H,10-11H2,1-3H3,(H,23,24)(H,25,26,27). The third kappa shape index (κ3) is 4.58. The second-order valence-electron chi connectivity index (χ2n) is 6.89. The fourth-order valence-corrected chi connectivity index (χ4v) is 4.14. The Morgan fingerprint density at radius 3 is 2.45 bits per heavy atom. The van der Waals surface area contributed by atoms with E-state index in [0.717, 1.165) is 21.9 Å². The van der Waals surface area contributed by atoms with Gasteiger partial charge in [0.25, 0.3) is 10.1 Å². The van der Waals surface area contributed by atoms with Crippen molar-refractivity contribution >= 4 is 26.8 Å². The van der Waals surface area contributed by atoms with Crippen LogP contribution in [0.5, 0.6) is 5.75 Å². The maximum Gasteiger partial charge on any atom is 0.295 e. The molecule has 3 rings (SSSR count). The van der Waals surface area contributed by atoms with Crippen LogP contribution in [0.3, 0.4) is 0 Å². The third-order valence-corrected chi connectivity index (χ3v) is 5.70. The molecular weight excluding hydrogens is 390 g/mol. The summed E-state index contributed by atoms with van der Waals surface area (Å²) in [5.74, 6) is 0.535. The van der Waals surface area contributed by atoms with Crippen molar-refractivity contribution in [3.05, 3.63) is 59.7 Å². The molecule has 152 valence electrons. The molecule has 0 aliphatic carbocycles. The number of aryl methyl sites for hydroxylation is 1. The van der Waals surface area contributed by atoms with Gasteiger partial charge in [0.15, 0.2) is 0 Å². The van der Waals surface area contributed by atoms with Crippen molar-refractivity contribution in [3.8, 4) is 16.9 Å². The van der Waals surface area contributed by atoms with Gasteiger partial charge in [-0.3, -0.25) is 9.35 Å². The van der Waals surface area contributed by atoms with Crippen LogP contribution in [-0.2, 0) is 21.3 Å². The zero-order chi connectivity index (χ0) is 21.2. The van der Waals surface area contributed by atoms with E-state index in [4.69, 9.17) is 4.74 Å². The zero-order valence-corrected chi connectivity index (χ0v) is 17.3. The highest BCUT2D eigenvalue weighted by Crippen LogP contribution is 2.36. The van der Waals surface area contributed by atoms with Crippen LogP contribution in [0.25, 0.3) is 21.9 Å². The monoisotopic (exact) mass is 413 g/mol. The lowest BCUT2D eigenvalue weighted by molar-refractivity contribution is -0.118. The molecule has 0 saturated heterocycles. The molecule has 29 heavy (non-hydrogen) atoms. The summed E-state index contributed by atoms with van der Waals surface area (Å²) in [5.41, 5.74) is 2.85. The topological polar surface area (TPSA) is 92.7 Å². The molecule has 7 heteroatoms. The van der Waals surface area contributed by atoms with Gasteiger partial charge in [-0.05, 0) is 53.4 Å². The number of benzene rings is 3. The van der Waals surface area contributed by atoms with Gasteiger partial charge in [-0.15, -0.1) is 0 Å². The normalized spacial score (nSPS) is 11.4. The van der Waals surface area contributed by atoms with Gasteiger partial charge in [0, 0.05) is 19.0 Å². The van der Waals surface area contributed by atoms with Gasteiger partial charge in [0.1, 0.15) is 10.6 Å². The number of rotatable bonds is 6. The van der Waals surface area contributed by atoms with Crippen LogP contribution in [0.15, 0.2) is 53.4 Å². The third-order valence-electron chi connectivity index (χ3n) is 4.79. The number of methoxy groups -OCH3 is 1. The molecule has 0 saturated carbocycles. The van der Waals surface area contributed by atoms with E-state index in [1.165, 1.54) is 13.0 Å². The molecule has 0 atom stereocenters. The highest BCUT2D eigenvalue weighted by Gasteiger charge is 2.20. The van der Waals surface area contributed by atoms with Crippen LogP contribution in [0, 0.1) is 6.92 Å². The van der Waals surface area contributed by atoms with Crippen molar-refractivity contribution in [1.29, 1.82) is 0 Å². The number of hydrogen-bond acceptors (Lipinski definition) is 4. The summed E-state index contributed by atoms with van der Waals surface area (Å²) in [4.78, 5) is 11.2. The van der Waals surface area contributed by atoms with Gasteiger partial charge in [0.05, 0.1) is 7.11 Å². The Balaban J connectivity index is 2.30. The van der Waals surface area contributed by atoms with Crippen molar-refractivity contribution in [2.75, 3.05) is 13.7 Å². The molecule has 2 N–H and O–H groups in total. The van der Waals surface area contributed by atoms with Gasteiger partial charge < -0.3 is 10.1 Å². The molecule has 0 aliphatic heterocycles. The maximum atomic E-state index is 12.0. The lowest BCUT2D eigenvalue weighted by atomic mass is 9.91. The minimum Gasteiger partial charge on any atom is -0.497 e. The number of carbonyl (C=O) groups excluding carboxylic acids is 1. The summed E-state index contributed by atoms with van der Waals surface area (Å²) in [6, 6.07) is 14.2. The van der Waals surface area contributed by atoms with E-state index in [0.29, 0.717) is 29.8 Å². The van der Waals surface area contributed by atoms with E-state index in [2.05, 4.69) is 5.32 Å². The SMILES string of the molecule is COc1ccc2ccc(-c3cc(C)ccc3S(=O)(=O)O)c(CCNC(C)=O)c2c1. The lowest BCUT2D eigenvalue weighted by Gasteiger charge is -2.17. The molecule has 6 nitrogen and oxygen atoms in total. The zero-order valence-electron chi connectivity index (χ0n) is 16.5. The fraction of sp³-hybridized carbons (Fsp3) is 0.227. The van der Waals surface area contributed by atoms with E-state index < -0.39 is 10.1 Å². The number of carbonyl (C=O) groups is 1. The van der Waals surface area contributed by atoms with E-state index in [1.54, 1.807) is 19.2 Å². The van der Waals surface area contributed by atoms with Crippen LogP contribution in [-0.4, -0.2) is 32.5 Å². The molecule has 3 aromatic rings. The first-order valence-electron chi connectivity index (χ1n) is 9.13. The van der Waals surface area contributed by atoms with E-state index in [9.17, 15) is 17.8 Å². The van der Waals surface area contributed by atoms with Crippen LogP contribution in [0.2, 0.25) is 0 Å². The van der Waals surface area contributed by atoms with Gasteiger partial charge in [-0.1, -0.05) is 35.9 Å². The predicted octanol–water partition coefficient (Wildman–Crippen LogP) is 3.75. The molecule has 0 fully saturated rings. The summed E-state index contributed by atoms with van der Waals surface area (Å²) in [5, 5.41) is 4.65. The lowest BCUT2D eigenvalue weighted by Crippen LogP contribution is -2.22.